The summed E-state index contributed by atoms with van der Waals surface area (Å²) in [6.07, 6.45) is 1.61. The zero-order chi connectivity index (χ0) is 13.7. The smallest absolute Gasteiger partial charge is 0.197 e. The SMILES string of the molecule is O=c1c2ccccc2[nH]c2c1ccc1[nH]ccc(=O)c12. The maximum atomic E-state index is 12.5. The fourth-order valence-corrected chi connectivity index (χ4v) is 2.66. The molecule has 0 aliphatic carbocycles. The van der Waals surface area contributed by atoms with Crippen molar-refractivity contribution >= 4 is 32.7 Å². The summed E-state index contributed by atoms with van der Waals surface area (Å²) in [4.78, 5) is 30.9. The van der Waals surface area contributed by atoms with Crippen LogP contribution in [-0.4, -0.2) is 9.97 Å². The van der Waals surface area contributed by atoms with E-state index in [2.05, 4.69) is 9.97 Å². The lowest BCUT2D eigenvalue weighted by Gasteiger charge is -2.05. The van der Waals surface area contributed by atoms with Gasteiger partial charge in [0.05, 0.1) is 16.4 Å². The molecule has 0 saturated heterocycles. The summed E-state index contributed by atoms with van der Waals surface area (Å²) in [6, 6.07) is 12.3. The van der Waals surface area contributed by atoms with E-state index >= 15 is 0 Å². The number of fused-ring (bicyclic) bond motifs is 4. The Bertz CT molecular complexity index is 1090. The first-order chi connectivity index (χ1) is 9.75. The Balaban J connectivity index is 2.41. The van der Waals surface area contributed by atoms with Crippen molar-refractivity contribution in [3.05, 3.63) is 69.1 Å². The predicted octanol–water partition coefficient (Wildman–Crippen LogP) is 2.52. The highest BCUT2D eigenvalue weighted by molar-refractivity contribution is 6.06. The molecular weight excluding hydrogens is 252 g/mol. The maximum absolute atomic E-state index is 12.5. The molecule has 2 aromatic heterocycles. The molecule has 2 aromatic carbocycles. The highest BCUT2D eigenvalue weighted by Gasteiger charge is 2.09. The normalized spacial score (nSPS) is 11.4. The van der Waals surface area contributed by atoms with Crippen LogP contribution in [0.2, 0.25) is 0 Å². The van der Waals surface area contributed by atoms with Gasteiger partial charge in [0.1, 0.15) is 0 Å². The first-order valence-electron chi connectivity index (χ1n) is 6.31. The number of para-hydroxylation sites is 1. The summed E-state index contributed by atoms with van der Waals surface area (Å²) in [5, 5.41) is 1.69. The Morgan fingerprint density at radius 2 is 1.65 bits per heavy atom. The van der Waals surface area contributed by atoms with Gasteiger partial charge in [-0.05, 0) is 24.3 Å². The van der Waals surface area contributed by atoms with Gasteiger partial charge in [0.15, 0.2) is 10.9 Å². The molecule has 0 unspecified atom stereocenters. The molecule has 0 saturated carbocycles. The van der Waals surface area contributed by atoms with Crippen molar-refractivity contribution in [2.45, 2.75) is 0 Å². The van der Waals surface area contributed by atoms with Gasteiger partial charge in [-0.2, -0.15) is 0 Å². The van der Waals surface area contributed by atoms with Crippen LogP contribution in [0, 0.1) is 0 Å². The molecule has 0 bridgehead atoms. The van der Waals surface area contributed by atoms with Gasteiger partial charge < -0.3 is 9.97 Å². The standard InChI is InChI=1S/C16H10N2O2/c19-13-7-8-17-12-6-5-10-15(14(12)13)18-11-4-2-1-3-9(11)16(10)20/h1-8H,(H,17,19)(H,18,20). The van der Waals surface area contributed by atoms with Crippen LogP contribution in [-0.2, 0) is 0 Å². The summed E-state index contributed by atoms with van der Waals surface area (Å²) >= 11 is 0. The quantitative estimate of drug-likeness (QED) is 0.378. The van der Waals surface area contributed by atoms with Crippen LogP contribution in [0.25, 0.3) is 32.7 Å². The minimum absolute atomic E-state index is 0.0560. The topological polar surface area (TPSA) is 65.7 Å². The summed E-state index contributed by atoms with van der Waals surface area (Å²) in [6.45, 7) is 0. The molecule has 20 heavy (non-hydrogen) atoms. The minimum Gasteiger partial charge on any atom is -0.361 e. The number of rotatable bonds is 0. The summed E-state index contributed by atoms with van der Waals surface area (Å²) in [5.74, 6) is 0. The van der Waals surface area contributed by atoms with Crippen LogP contribution in [0.5, 0.6) is 0 Å². The molecular formula is C16H10N2O2. The first-order valence-corrected chi connectivity index (χ1v) is 6.31. The van der Waals surface area contributed by atoms with Crippen LogP contribution in [0.15, 0.2) is 58.3 Å². The second-order valence-electron chi connectivity index (χ2n) is 4.75. The van der Waals surface area contributed by atoms with Crippen molar-refractivity contribution in [2.75, 3.05) is 0 Å². The van der Waals surface area contributed by atoms with Crippen LogP contribution in [0.4, 0.5) is 0 Å². The highest BCUT2D eigenvalue weighted by Crippen LogP contribution is 2.20. The van der Waals surface area contributed by atoms with Gasteiger partial charge in [-0.3, -0.25) is 9.59 Å². The third-order valence-corrected chi connectivity index (χ3v) is 3.60. The summed E-state index contributed by atoms with van der Waals surface area (Å²) in [5.41, 5.74) is 1.89. The molecule has 2 N–H and O–H groups in total. The number of benzene rings is 2. The number of aromatic nitrogens is 2. The predicted molar refractivity (Wildman–Crippen MR) is 80.2 cm³/mol. The lowest BCUT2D eigenvalue weighted by Crippen LogP contribution is -2.08. The maximum Gasteiger partial charge on any atom is 0.197 e. The molecule has 0 spiro atoms. The molecule has 4 heteroatoms. The van der Waals surface area contributed by atoms with Crippen LogP contribution in [0.3, 0.4) is 0 Å². The molecule has 0 fully saturated rings. The van der Waals surface area contributed by atoms with E-state index in [1.807, 2.05) is 18.2 Å². The van der Waals surface area contributed by atoms with Crippen molar-refractivity contribution in [3.8, 4) is 0 Å². The van der Waals surface area contributed by atoms with E-state index in [0.717, 1.165) is 11.0 Å². The molecule has 2 heterocycles. The minimum atomic E-state index is -0.102. The van der Waals surface area contributed by atoms with Crippen LogP contribution in [0.1, 0.15) is 0 Å². The Labute approximate surface area is 112 Å². The Hall–Kier alpha value is -2.88. The van der Waals surface area contributed by atoms with E-state index < -0.39 is 0 Å². The van der Waals surface area contributed by atoms with Gasteiger partial charge in [-0.15, -0.1) is 0 Å². The zero-order valence-electron chi connectivity index (χ0n) is 10.4. The number of H-pyrrole nitrogens is 2. The Morgan fingerprint density at radius 1 is 0.800 bits per heavy atom. The molecule has 96 valence electrons. The monoisotopic (exact) mass is 262 g/mol. The molecule has 0 aliphatic heterocycles. The van der Waals surface area contributed by atoms with E-state index in [9.17, 15) is 9.59 Å². The van der Waals surface area contributed by atoms with Crippen molar-refractivity contribution in [1.82, 2.24) is 9.97 Å². The van der Waals surface area contributed by atoms with Gasteiger partial charge >= 0.3 is 0 Å². The molecule has 4 aromatic rings. The van der Waals surface area contributed by atoms with Crippen LogP contribution >= 0.6 is 0 Å². The largest absolute Gasteiger partial charge is 0.361 e. The molecule has 4 nitrogen and oxygen atoms in total. The molecule has 0 atom stereocenters. The lowest BCUT2D eigenvalue weighted by atomic mass is 10.1. The highest BCUT2D eigenvalue weighted by atomic mass is 16.1. The van der Waals surface area contributed by atoms with Crippen molar-refractivity contribution in [1.29, 1.82) is 0 Å². The van der Waals surface area contributed by atoms with Gasteiger partial charge in [-0.25, -0.2) is 0 Å². The Morgan fingerprint density at radius 3 is 2.55 bits per heavy atom. The molecule has 0 radical (unpaired) electrons. The average Bonchev–Trinajstić information content (AvgIpc) is 2.47. The van der Waals surface area contributed by atoms with Crippen LogP contribution < -0.4 is 10.9 Å². The zero-order valence-corrected chi connectivity index (χ0v) is 10.4. The Kier molecular flexibility index (Phi) is 2.09. The van der Waals surface area contributed by atoms with Crippen molar-refractivity contribution in [3.63, 3.8) is 0 Å². The van der Waals surface area contributed by atoms with E-state index in [4.69, 9.17) is 0 Å². The van der Waals surface area contributed by atoms with E-state index in [0.29, 0.717) is 21.7 Å². The van der Waals surface area contributed by atoms with E-state index in [1.54, 1.807) is 24.4 Å². The van der Waals surface area contributed by atoms with Crippen molar-refractivity contribution in [2.24, 2.45) is 0 Å². The van der Waals surface area contributed by atoms with E-state index in [1.165, 1.54) is 6.07 Å². The van der Waals surface area contributed by atoms with E-state index in [-0.39, 0.29) is 10.9 Å². The second-order valence-corrected chi connectivity index (χ2v) is 4.75. The van der Waals surface area contributed by atoms with Gasteiger partial charge in [0, 0.05) is 28.6 Å². The molecule has 4 rings (SSSR count). The first kappa shape index (κ1) is 11.0. The van der Waals surface area contributed by atoms with Crippen molar-refractivity contribution < 1.29 is 0 Å². The number of pyridine rings is 2. The number of hydrogen-bond donors (Lipinski definition) is 2. The fourth-order valence-electron chi connectivity index (χ4n) is 2.66. The third kappa shape index (κ3) is 1.36. The summed E-state index contributed by atoms with van der Waals surface area (Å²) in [7, 11) is 0. The van der Waals surface area contributed by atoms with Gasteiger partial charge in [0.2, 0.25) is 0 Å². The molecule has 0 aliphatic rings. The van der Waals surface area contributed by atoms with Gasteiger partial charge in [-0.1, -0.05) is 12.1 Å². The number of nitrogens with one attached hydrogen (secondary N) is 2. The second kappa shape index (κ2) is 3.81. The number of hydrogen-bond acceptors (Lipinski definition) is 2. The number of aromatic amines is 2. The molecule has 0 amide bonds. The van der Waals surface area contributed by atoms with Gasteiger partial charge in [0.25, 0.3) is 0 Å². The summed E-state index contributed by atoms with van der Waals surface area (Å²) < 4.78 is 0. The third-order valence-electron chi connectivity index (χ3n) is 3.60. The lowest BCUT2D eigenvalue weighted by molar-refractivity contribution is 1.39. The average molecular weight is 262 g/mol. The fraction of sp³-hybridized carbons (Fsp3) is 0.